The molecule has 0 bridgehead atoms. The fourth-order valence-corrected chi connectivity index (χ4v) is 2.51. The molecule has 21 heavy (non-hydrogen) atoms. The van der Waals surface area contributed by atoms with Crippen LogP contribution in [0.4, 0.5) is 0 Å². The summed E-state index contributed by atoms with van der Waals surface area (Å²) in [6.07, 6.45) is 4.16. The quantitative estimate of drug-likeness (QED) is 0.846. The van der Waals surface area contributed by atoms with Gasteiger partial charge in [0.05, 0.1) is 18.3 Å². The number of rotatable bonds is 7. The Bertz CT molecular complexity index is 574. The van der Waals surface area contributed by atoms with Gasteiger partial charge in [0.25, 0.3) is 0 Å². The minimum absolute atomic E-state index is 0.0147. The summed E-state index contributed by atoms with van der Waals surface area (Å²) in [5.41, 5.74) is 2.75. The minimum Gasteiger partial charge on any atom is -0.487 e. The average Bonchev–Trinajstić information content (AvgIpc) is 2.96. The molecule has 0 spiro atoms. The second kappa shape index (κ2) is 7.27. The summed E-state index contributed by atoms with van der Waals surface area (Å²) in [5.74, 6) is 0.761. The highest BCUT2D eigenvalue weighted by Gasteiger charge is 2.10. The Kier molecular flexibility index (Phi) is 5.39. The summed E-state index contributed by atoms with van der Waals surface area (Å²) in [6, 6.07) is 8.23. The summed E-state index contributed by atoms with van der Waals surface area (Å²) in [5, 5.41) is 14.0. The fourth-order valence-electron chi connectivity index (χ4n) is 2.51. The van der Waals surface area contributed by atoms with Crippen LogP contribution in [0.5, 0.6) is 5.75 Å². The highest BCUT2D eigenvalue weighted by molar-refractivity contribution is 5.40. The molecule has 0 aliphatic carbocycles. The van der Waals surface area contributed by atoms with Crippen LogP contribution < -0.4 is 4.74 Å². The molecule has 0 unspecified atom stereocenters. The van der Waals surface area contributed by atoms with E-state index in [1.165, 1.54) is 0 Å². The molecule has 1 aromatic carbocycles. The number of aromatic nitrogens is 2. The number of hydrogen-bond donors (Lipinski definition) is 1. The topological polar surface area (TPSA) is 47.3 Å². The standard InChI is InChI=1S/C17H24N2O2/c1-4-16(5-2)19-10-9-15(18-19)12-21-17-13(3)7-6-8-14(17)11-20/h6-10,16,20H,4-5,11-12H2,1-3H3. The van der Waals surface area contributed by atoms with Crippen molar-refractivity contribution in [1.29, 1.82) is 0 Å². The van der Waals surface area contributed by atoms with E-state index < -0.39 is 0 Å². The molecule has 4 heteroatoms. The summed E-state index contributed by atoms with van der Waals surface area (Å²) in [7, 11) is 0. The maximum Gasteiger partial charge on any atom is 0.132 e. The Balaban J connectivity index is 2.07. The normalized spacial score (nSPS) is 11.1. The van der Waals surface area contributed by atoms with E-state index in [4.69, 9.17) is 4.74 Å². The van der Waals surface area contributed by atoms with Crippen LogP contribution in [0.3, 0.4) is 0 Å². The van der Waals surface area contributed by atoms with Crippen molar-refractivity contribution in [3.05, 3.63) is 47.3 Å². The van der Waals surface area contributed by atoms with E-state index in [1.54, 1.807) is 0 Å². The van der Waals surface area contributed by atoms with Crippen molar-refractivity contribution in [2.75, 3.05) is 0 Å². The van der Waals surface area contributed by atoms with E-state index >= 15 is 0 Å². The molecule has 0 aliphatic heterocycles. The molecular formula is C17H24N2O2. The molecule has 0 aliphatic rings. The molecule has 0 radical (unpaired) electrons. The molecule has 0 fully saturated rings. The first-order valence-corrected chi connectivity index (χ1v) is 7.55. The summed E-state index contributed by atoms with van der Waals surface area (Å²) < 4.78 is 7.89. The van der Waals surface area contributed by atoms with Crippen molar-refractivity contribution >= 4 is 0 Å². The minimum atomic E-state index is -0.0147. The first-order chi connectivity index (χ1) is 10.2. The zero-order chi connectivity index (χ0) is 15.2. The average molecular weight is 288 g/mol. The third kappa shape index (κ3) is 3.64. The predicted molar refractivity (Wildman–Crippen MR) is 83.3 cm³/mol. The van der Waals surface area contributed by atoms with Gasteiger partial charge in [-0.25, -0.2) is 0 Å². The first kappa shape index (κ1) is 15.6. The van der Waals surface area contributed by atoms with E-state index in [9.17, 15) is 5.11 Å². The molecule has 0 amide bonds. The van der Waals surface area contributed by atoms with Crippen LogP contribution >= 0.6 is 0 Å². The van der Waals surface area contributed by atoms with E-state index in [0.29, 0.717) is 12.6 Å². The molecule has 0 saturated heterocycles. The van der Waals surface area contributed by atoms with Gasteiger partial charge in [0.15, 0.2) is 0 Å². The van der Waals surface area contributed by atoms with Gasteiger partial charge in [-0.2, -0.15) is 5.10 Å². The van der Waals surface area contributed by atoms with Crippen LogP contribution in [0.25, 0.3) is 0 Å². The lowest BCUT2D eigenvalue weighted by molar-refractivity contribution is 0.255. The number of ether oxygens (including phenoxy) is 1. The number of hydrogen-bond acceptors (Lipinski definition) is 3. The third-order valence-corrected chi connectivity index (χ3v) is 3.81. The molecule has 0 saturated carbocycles. The van der Waals surface area contributed by atoms with Crippen LogP contribution in [0.2, 0.25) is 0 Å². The van der Waals surface area contributed by atoms with Crippen molar-refractivity contribution in [2.24, 2.45) is 0 Å². The summed E-state index contributed by atoms with van der Waals surface area (Å²) >= 11 is 0. The fraction of sp³-hybridized carbons (Fsp3) is 0.471. The molecule has 1 N–H and O–H groups in total. The number of aliphatic hydroxyl groups is 1. The monoisotopic (exact) mass is 288 g/mol. The van der Waals surface area contributed by atoms with Gasteiger partial charge in [-0.1, -0.05) is 32.0 Å². The molecule has 1 heterocycles. The second-order valence-corrected chi connectivity index (χ2v) is 5.27. The van der Waals surface area contributed by atoms with Crippen molar-refractivity contribution in [2.45, 2.75) is 52.9 Å². The van der Waals surface area contributed by atoms with Crippen LogP contribution in [-0.2, 0) is 13.2 Å². The Hall–Kier alpha value is -1.81. The number of aryl methyl sites for hydroxylation is 1. The van der Waals surface area contributed by atoms with E-state index in [1.807, 2.05) is 42.1 Å². The van der Waals surface area contributed by atoms with Gasteiger partial charge in [-0.3, -0.25) is 4.68 Å². The molecule has 1 aromatic heterocycles. The Morgan fingerprint density at radius 2 is 2.00 bits per heavy atom. The molecule has 2 aromatic rings. The van der Waals surface area contributed by atoms with Gasteiger partial charge < -0.3 is 9.84 Å². The number of para-hydroxylation sites is 1. The van der Waals surface area contributed by atoms with Crippen molar-refractivity contribution in [3.63, 3.8) is 0 Å². The summed E-state index contributed by atoms with van der Waals surface area (Å²) in [6.45, 7) is 6.74. The summed E-state index contributed by atoms with van der Waals surface area (Å²) in [4.78, 5) is 0. The maximum atomic E-state index is 9.38. The van der Waals surface area contributed by atoms with Gasteiger partial charge in [-0.05, 0) is 31.4 Å². The van der Waals surface area contributed by atoms with Crippen LogP contribution in [-0.4, -0.2) is 14.9 Å². The zero-order valence-electron chi connectivity index (χ0n) is 13.0. The van der Waals surface area contributed by atoms with E-state index in [-0.39, 0.29) is 6.61 Å². The van der Waals surface area contributed by atoms with Gasteiger partial charge in [-0.15, -0.1) is 0 Å². The molecule has 114 valence electrons. The Morgan fingerprint density at radius 1 is 1.24 bits per heavy atom. The molecule has 0 atom stereocenters. The van der Waals surface area contributed by atoms with Crippen LogP contribution in [0.15, 0.2) is 30.5 Å². The molecule has 2 rings (SSSR count). The SMILES string of the molecule is CCC(CC)n1ccc(COc2c(C)cccc2CO)n1. The second-order valence-electron chi connectivity index (χ2n) is 5.27. The van der Waals surface area contributed by atoms with E-state index in [2.05, 4.69) is 18.9 Å². The number of benzene rings is 1. The van der Waals surface area contributed by atoms with E-state index in [0.717, 1.165) is 35.4 Å². The smallest absolute Gasteiger partial charge is 0.132 e. The third-order valence-electron chi connectivity index (χ3n) is 3.81. The van der Waals surface area contributed by atoms with Gasteiger partial charge in [0.2, 0.25) is 0 Å². The van der Waals surface area contributed by atoms with Crippen LogP contribution in [0, 0.1) is 6.92 Å². The lowest BCUT2D eigenvalue weighted by Gasteiger charge is -2.13. The van der Waals surface area contributed by atoms with Crippen molar-refractivity contribution < 1.29 is 9.84 Å². The zero-order valence-corrected chi connectivity index (χ0v) is 13.0. The first-order valence-electron chi connectivity index (χ1n) is 7.55. The lowest BCUT2D eigenvalue weighted by atomic mass is 10.1. The Morgan fingerprint density at radius 3 is 2.67 bits per heavy atom. The highest BCUT2D eigenvalue weighted by Crippen LogP contribution is 2.24. The molecule has 4 nitrogen and oxygen atoms in total. The number of aliphatic hydroxyl groups excluding tert-OH is 1. The predicted octanol–water partition coefficient (Wildman–Crippen LogP) is 3.62. The molecular weight excluding hydrogens is 264 g/mol. The largest absolute Gasteiger partial charge is 0.487 e. The van der Waals surface area contributed by atoms with Gasteiger partial charge in [0.1, 0.15) is 12.4 Å². The number of nitrogens with zero attached hydrogens (tertiary/aromatic N) is 2. The van der Waals surface area contributed by atoms with Gasteiger partial charge >= 0.3 is 0 Å². The van der Waals surface area contributed by atoms with Crippen molar-refractivity contribution in [1.82, 2.24) is 9.78 Å². The Labute approximate surface area is 126 Å². The maximum absolute atomic E-state index is 9.38. The van der Waals surface area contributed by atoms with Crippen LogP contribution in [0.1, 0.15) is 49.6 Å². The highest BCUT2D eigenvalue weighted by atomic mass is 16.5. The van der Waals surface area contributed by atoms with Crippen molar-refractivity contribution in [3.8, 4) is 5.75 Å². The van der Waals surface area contributed by atoms with Gasteiger partial charge in [0, 0.05) is 11.8 Å². The lowest BCUT2D eigenvalue weighted by Crippen LogP contribution is -2.08.